The third-order valence-corrected chi connectivity index (χ3v) is 11.1. The van der Waals surface area contributed by atoms with Crippen molar-refractivity contribution in [3.05, 3.63) is 87.2 Å². The summed E-state index contributed by atoms with van der Waals surface area (Å²) in [5, 5.41) is 29.9. The van der Waals surface area contributed by atoms with Gasteiger partial charge in [-0.3, -0.25) is 19.2 Å². The molecule has 0 radical (unpaired) electrons. The number of carboxylic acids is 1. The Bertz CT molecular complexity index is 2070. The number of carbonyl (C=O) groups is 5. The van der Waals surface area contributed by atoms with Crippen LogP contribution in [0.2, 0.25) is 10.0 Å². The molecule has 3 N–H and O–H groups in total. The molecule has 6 unspecified atom stereocenters. The molecule has 1 saturated carbocycles. The number of aromatic hydroxyl groups is 2. The van der Waals surface area contributed by atoms with Gasteiger partial charge in [0.1, 0.15) is 17.1 Å². The molecule has 14 heteroatoms. The second kappa shape index (κ2) is 11.3. The quantitative estimate of drug-likeness (QED) is 0.223. The maximum absolute atomic E-state index is 14.6. The van der Waals surface area contributed by atoms with E-state index in [1.54, 1.807) is 13.0 Å². The molecule has 3 aromatic carbocycles. The van der Waals surface area contributed by atoms with Crippen LogP contribution >= 0.6 is 23.2 Å². The fourth-order valence-electron chi connectivity index (χ4n) is 8.28. The Kier molecular flexibility index (Phi) is 7.53. The van der Waals surface area contributed by atoms with Gasteiger partial charge in [0.25, 0.3) is 0 Å². The molecule has 3 fully saturated rings. The maximum Gasteiger partial charge on any atom is 0.339 e. The molecule has 2 aliphatic carbocycles. The summed E-state index contributed by atoms with van der Waals surface area (Å²) in [4.78, 5) is 70.3. The van der Waals surface area contributed by atoms with Crippen molar-refractivity contribution < 1.29 is 48.4 Å². The monoisotopic (exact) mass is 708 g/mol. The van der Waals surface area contributed by atoms with Crippen LogP contribution in [0.1, 0.15) is 41.6 Å². The van der Waals surface area contributed by atoms with Gasteiger partial charge in [0.15, 0.2) is 11.5 Å². The molecule has 4 aliphatic rings. The number of phenolic OH excluding ortho intramolecular Hbond substituents is 1. The molecule has 0 aromatic heterocycles. The number of carbonyl (C=O) groups excluding carboxylic acids is 4. The highest BCUT2D eigenvalue weighted by Gasteiger charge is 2.67. The van der Waals surface area contributed by atoms with E-state index in [1.807, 2.05) is 0 Å². The lowest BCUT2D eigenvalue weighted by Gasteiger charge is -2.49. The van der Waals surface area contributed by atoms with E-state index in [2.05, 4.69) is 0 Å². The Hall–Kier alpha value is -4.94. The minimum Gasteiger partial charge on any atom is -0.507 e. The zero-order valence-electron chi connectivity index (χ0n) is 25.8. The molecule has 3 aromatic rings. The van der Waals surface area contributed by atoms with Crippen molar-refractivity contribution in [1.29, 1.82) is 0 Å². The van der Waals surface area contributed by atoms with Crippen LogP contribution in [0.25, 0.3) is 0 Å². The summed E-state index contributed by atoms with van der Waals surface area (Å²) in [6, 6.07) is 9.90. The summed E-state index contributed by atoms with van der Waals surface area (Å²) in [6.45, 7) is 1.64. The van der Waals surface area contributed by atoms with Gasteiger partial charge in [-0.2, -0.15) is 0 Å². The van der Waals surface area contributed by atoms with Gasteiger partial charge >= 0.3 is 5.97 Å². The number of methoxy groups -OCH3 is 1. The maximum atomic E-state index is 14.6. The minimum atomic E-state index is -1.47. The number of imide groups is 2. The Morgan fingerprint density at radius 2 is 1.61 bits per heavy atom. The van der Waals surface area contributed by atoms with E-state index in [1.165, 1.54) is 37.4 Å². The van der Waals surface area contributed by atoms with Crippen LogP contribution in [0.5, 0.6) is 17.2 Å². The summed E-state index contributed by atoms with van der Waals surface area (Å²) in [7, 11) is 1.33. The molecule has 252 valence electrons. The highest BCUT2D eigenvalue weighted by molar-refractivity contribution is 6.32. The van der Waals surface area contributed by atoms with Crippen molar-refractivity contribution in [1.82, 2.24) is 0 Å². The van der Waals surface area contributed by atoms with Crippen LogP contribution in [0, 0.1) is 34.9 Å². The lowest BCUT2D eigenvalue weighted by atomic mass is 9.51. The number of fused-ring (bicyclic) bond motifs is 4. The molecule has 2 aliphatic heterocycles. The van der Waals surface area contributed by atoms with E-state index < -0.39 is 81.7 Å². The third kappa shape index (κ3) is 4.57. The SMILES string of the molecule is COc1cc(C2C3=CCC4C(=O)N(c5ccc(C(=O)O)c(O)c5)C(=O)C4C3CC3C(=O)N(c4ccc(F)c(Cl)c4)C(=O)C32C)cc(Cl)c1O. The number of rotatable bonds is 5. The average molecular weight is 710 g/mol. The fraction of sp³-hybridized carbons (Fsp3) is 0.286. The first kappa shape index (κ1) is 32.6. The first-order valence-electron chi connectivity index (χ1n) is 15.2. The van der Waals surface area contributed by atoms with E-state index in [4.69, 9.17) is 27.9 Å². The van der Waals surface area contributed by atoms with Gasteiger partial charge in [-0.25, -0.2) is 19.0 Å². The largest absolute Gasteiger partial charge is 0.507 e. The molecule has 6 atom stereocenters. The lowest BCUT2D eigenvalue weighted by molar-refractivity contribution is -0.131. The number of ether oxygens (including phenoxy) is 1. The standard InChI is InChI=1S/C35H27Cl2FN2O9/c1-35-21(31(44)40(34(35)48)15-4-8-24(38)22(36)11-15)13-20-17(28(35)14-9-23(37)29(42)26(10-14)49-2)6-7-19-27(20)32(45)39(30(19)43)16-3-5-18(33(46)47)25(41)12-16/h3-6,8-12,19-21,27-28,41-42H,7,13H2,1-2H3,(H,46,47). The van der Waals surface area contributed by atoms with Crippen LogP contribution in [0.4, 0.5) is 15.8 Å². The first-order valence-corrected chi connectivity index (χ1v) is 16.0. The molecule has 7 rings (SSSR count). The number of anilines is 2. The summed E-state index contributed by atoms with van der Waals surface area (Å²) in [5.74, 6) is -9.85. The molecular formula is C35H27Cl2FN2O9. The first-order chi connectivity index (χ1) is 23.2. The van der Waals surface area contributed by atoms with Crippen LogP contribution in [0.15, 0.2) is 60.2 Å². The van der Waals surface area contributed by atoms with Gasteiger partial charge in [-0.05, 0) is 73.7 Å². The predicted molar refractivity (Wildman–Crippen MR) is 173 cm³/mol. The zero-order valence-corrected chi connectivity index (χ0v) is 27.3. The van der Waals surface area contributed by atoms with Gasteiger partial charge in [0.2, 0.25) is 23.6 Å². The number of nitrogens with zero attached hydrogens (tertiary/aromatic N) is 2. The molecule has 0 spiro atoms. The molecule has 11 nitrogen and oxygen atoms in total. The zero-order chi connectivity index (χ0) is 35.3. The second-order valence-electron chi connectivity index (χ2n) is 12.8. The number of allylic oxidation sites excluding steroid dienone is 2. The topological polar surface area (TPSA) is 162 Å². The number of carboxylic acid groups (broad SMARTS) is 1. The molecule has 2 heterocycles. The number of aromatic carboxylic acids is 1. The number of benzene rings is 3. The van der Waals surface area contributed by atoms with E-state index >= 15 is 0 Å². The third-order valence-electron chi connectivity index (χ3n) is 10.5. The van der Waals surface area contributed by atoms with E-state index in [9.17, 15) is 43.7 Å². The van der Waals surface area contributed by atoms with E-state index in [0.717, 1.165) is 28.0 Å². The van der Waals surface area contributed by atoms with Gasteiger partial charge < -0.3 is 20.1 Å². The number of amides is 4. The number of hydrogen-bond donors (Lipinski definition) is 3. The summed E-state index contributed by atoms with van der Waals surface area (Å²) < 4.78 is 19.5. The van der Waals surface area contributed by atoms with Gasteiger partial charge in [0.05, 0.1) is 51.7 Å². The highest BCUT2D eigenvalue weighted by Crippen LogP contribution is 2.64. The van der Waals surface area contributed by atoms with Crippen molar-refractivity contribution in [3.63, 3.8) is 0 Å². The summed E-state index contributed by atoms with van der Waals surface area (Å²) in [6.07, 6.45) is 1.92. The van der Waals surface area contributed by atoms with Crippen LogP contribution in [0.3, 0.4) is 0 Å². The second-order valence-corrected chi connectivity index (χ2v) is 13.6. The Morgan fingerprint density at radius 3 is 2.27 bits per heavy atom. The molecule has 4 amide bonds. The minimum absolute atomic E-state index is 0.00724. The van der Waals surface area contributed by atoms with Gasteiger partial charge in [-0.15, -0.1) is 0 Å². The number of hydrogen-bond acceptors (Lipinski definition) is 8. The normalized spacial score (nSPS) is 27.5. The van der Waals surface area contributed by atoms with Crippen molar-refractivity contribution in [2.45, 2.75) is 25.7 Å². The molecular weight excluding hydrogens is 682 g/mol. The van der Waals surface area contributed by atoms with Gasteiger partial charge in [-0.1, -0.05) is 34.9 Å². The molecule has 49 heavy (non-hydrogen) atoms. The number of phenols is 2. The predicted octanol–water partition coefficient (Wildman–Crippen LogP) is 5.69. The average Bonchev–Trinajstić information content (AvgIpc) is 3.42. The van der Waals surface area contributed by atoms with E-state index in [-0.39, 0.29) is 45.8 Å². The smallest absolute Gasteiger partial charge is 0.339 e. The van der Waals surface area contributed by atoms with Crippen LogP contribution in [-0.4, -0.2) is 52.0 Å². The molecule has 2 saturated heterocycles. The van der Waals surface area contributed by atoms with Crippen LogP contribution < -0.4 is 14.5 Å². The summed E-state index contributed by atoms with van der Waals surface area (Å²) >= 11 is 12.5. The fourth-order valence-corrected chi connectivity index (χ4v) is 8.67. The van der Waals surface area contributed by atoms with Crippen molar-refractivity contribution in [2.75, 3.05) is 16.9 Å². The van der Waals surface area contributed by atoms with Gasteiger partial charge in [0, 0.05) is 12.0 Å². The Labute approximate surface area is 288 Å². The molecule has 0 bridgehead atoms. The van der Waals surface area contributed by atoms with Crippen molar-refractivity contribution in [2.24, 2.45) is 29.1 Å². The van der Waals surface area contributed by atoms with Crippen LogP contribution in [-0.2, 0) is 19.2 Å². The highest BCUT2D eigenvalue weighted by atomic mass is 35.5. The van der Waals surface area contributed by atoms with E-state index in [0.29, 0.717) is 11.1 Å². The van der Waals surface area contributed by atoms with Crippen molar-refractivity contribution >= 4 is 64.2 Å². The Morgan fingerprint density at radius 1 is 0.918 bits per heavy atom. The van der Waals surface area contributed by atoms with Crippen molar-refractivity contribution in [3.8, 4) is 17.2 Å². The summed E-state index contributed by atoms with van der Waals surface area (Å²) in [5.41, 5.74) is -0.775. The Balaban J connectivity index is 1.37. The number of halogens is 3. The lowest BCUT2D eigenvalue weighted by Crippen LogP contribution is -2.48.